The summed E-state index contributed by atoms with van der Waals surface area (Å²) >= 11 is 0. The van der Waals surface area contributed by atoms with Crippen LogP contribution in [0.15, 0.2) is 48.5 Å². The van der Waals surface area contributed by atoms with Gasteiger partial charge in [0.25, 0.3) is 0 Å². The fourth-order valence-electron chi connectivity index (χ4n) is 3.34. The fraction of sp³-hybridized carbons (Fsp3) is 0.409. The number of ether oxygens (including phenoxy) is 1. The topological polar surface area (TPSA) is 53.0 Å². The standard InChI is InChI=1S/C22H28N2O3/c1-17-4-3-5-22(14-17)27-16-21(26)15-23-10-12-24(13-11-23)20-8-6-19(7-9-20)18(2)25/h3-9,14,21,26H,10-13,15-16H2,1-2H3/t21-/m1/s1. The molecule has 5 heteroatoms. The number of hydrogen-bond acceptors (Lipinski definition) is 5. The molecule has 2 aromatic rings. The molecular formula is C22H28N2O3. The molecule has 0 aromatic heterocycles. The van der Waals surface area contributed by atoms with Gasteiger partial charge >= 0.3 is 0 Å². The van der Waals surface area contributed by atoms with E-state index in [1.54, 1.807) is 6.92 Å². The van der Waals surface area contributed by atoms with Gasteiger partial charge < -0.3 is 14.7 Å². The largest absolute Gasteiger partial charge is 0.491 e. The number of aliphatic hydroxyl groups excluding tert-OH is 1. The van der Waals surface area contributed by atoms with Crippen molar-refractivity contribution in [1.29, 1.82) is 0 Å². The quantitative estimate of drug-likeness (QED) is 0.762. The maximum Gasteiger partial charge on any atom is 0.159 e. The molecule has 144 valence electrons. The molecule has 1 fully saturated rings. The molecule has 3 rings (SSSR count). The number of anilines is 1. The molecule has 0 amide bonds. The van der Waals surface area contributed by atoms with Crippen LogP contribution >= 0.6 is 0 Å². The lowest BCUT2D eigenvalue weighted by atomic mass is 10.1. The van der Waals surface area contributed by atoms with Gasteiger partial charge in [-0.1, -0.05) is 12.1 Å². The third kappa shape index (κ3) is 5.55. The van der Waals surface area contributed by atoms with E-state index in [0.717, 1.165) is 48.7 Å². The zero-order chi connectivity index (χ0) is 19.2. The van der Waals surface area contributed by atoms with Crippen LogP contribution in [0, 0.1) is 6.92 Å². The molecule has 0 radical (unpaired) electrons. The number of ketones is 1. The minimum Gasteiger partial charge on any atom is -0.491 e. The predicted octanol–water partition coefficient (Wildman–Crippen LogP) is 2.76. The van der Waals surface area contributed by atoms with Crippen molar-refractivity contribution in [2.45, 2.75) is 20.0 Å². The first-order valence-corrected chi connectivity index (χ1v) is 9.47. The van der Waals surface area contributed by atoms with Gasteiger partial charge in [-0.3, -0.25) is 9.69 Å². The average Bonchev–Trinajstić information content (AvgIpc) is 2.67. The fourth-order valence-corrected chi connectivity index (χ4v) is 3.34. The molecule has 1 N–H and O–H groups in total. The average molecular weight is 368 g/mol. The van der Waals surface area contributed by atoms with E-state index in [0.29, 0.717) is 13.2 Å². The van der Waals surface area contributed by atoms with Crippen molar-refractivity contribution in [3.8, 4) is 5.75 Å². The van der Waals surface area contributed by atoms with Crippen LogP contribution in [-0.4, -0.2) is 61.2 Å². The summed E-state index contributed by atoms with van der Waals surface area (Å²) in [6, 6.07) is 15.7. The number of aliphatic hydroxyl groups is 1. The van der Waals surface area contributed by atoms with Gasteiger partial charge in [-0.2, -0.15) is 0 Å². The van der Waals surface area contributed by atoms with Crippen molar-refractivity contribution >= 4 is 11.5 Å². The zero-order valence-electron chi connectivity index (χ0n) is 16.1. The smallest absolute Gasteiger partial charge is 0.159 e. The zero-order valence-corrected chi connectivity index (χ0v) is 16.1. The summed E-state index contributed by atoms with van der Waals surface area (Å²) in [6.45, 7) is 8.14. The summed E-state index contributed by atoms with van der Waals surface area (Å²) < 4.78 is 5.70. The molecule has 0 unspecified atom stereocenters. The maximum absolute atomic E-state index is 11.4. The Morgan fingerprint density at radius 3 is 2.44 bits per heavy atom. The van der Waals surface area contributed by atoms with E-state index in [1.807, 2.05) is 55.5 Å². The van der Waals surface area contributed by atoms with Crippen molar-refractivity contribution in [3.05, 3.63) is 59.7 Å². The summed E-state index contributed by atoms with van der Waals surface area (Å²) in [5.41, 5.74) is 3.03. The van der Waals surface area contributed by atoms with Crippen LogP contribution in [0.25, 0.3) is 0 Å². The highest BCUT2D eigenvalue weighted by Gasteiger charge is 2.20. The van der Waals surface area contributed by atoms with Crippen LogP contribution in [0.3, 0.4) is 0 Å². The van der Waals surface area contributed by atoms with Crippen molar-refractivity contribution in [2.75, 3.05) is 44.2 Å². The molecule has 0 saturated carbocycles. The lowest BCUT2D eigenvalue weighted by molar-refractivity contribution is 0.0663. The molecule has 1 saturated heterocycles. The molecule has 1 atom stereocenters. The third-order valence-corrected chi connectivity index (χ3v) is 4.91. The van der Waals surface area contributed by atoms with Gasteiger partial charge in [0.2, 0.25) is 0 Å². The van der Waals surface area contributed by atoms with E-state index >= 15 is 0 Å². The minimum atomic E-state index is -0.507. The highest BCUT2D eigenvalue weighted by Crippen LogP contribution is 2.18. The monoisotopic (exact) mass is 368 g/mol. The normalized spacial score (nSPS) is 16.2. The Labute approximate surface area is 161 Å². The van der Waals surface area contributed by atoms with Crippen molar-refractivity contribution in [3.63, 3.8) is 0 Å². The van der Waals surface area contributed by atoms with E-state index in [4.69, 9.17) is 4.74 Å². The Hall–Kier alpha value is -2.37. The summed E-state index contributed by atoms with van der Waals surface area (Å²) in [4.78, 5) is 16.0. The number of Topliss-reactive ketones (excluding diaryl/α,β-unsaturated/α-hetero) is 1. The lowest BCUT2D eigenvalue weighted by Gasteiger charge is -2.36. The van der Waals surface area contributed by atoms with Gasteiger partial charge in [0, 0.05) is 44.0 Å². The number of carbonyl (C=O) groups is 1. The van der Waals surface area contributed by atoms with E-state index in [2.05, 4.69) is 9.80 Å². The number of carbonyl (C=O) groups excluding carboxylic acids is 1. The highest BCUT2D eigenvalue weighted by molar-refractivity contribution is 5.94. The molecular weight excluding hydrogens is 340 g/mol. The molecule has 2 aromatic carbocycles. The van der Waals surface area contributed by atoms with E-state index in [-0.39, 0.29) is 5.78 Å². The van der Waals surface area contributed by atoms with Gasteiger partial charge in [0.1, 0.15) is 18.5 Å². The number of piperazine rings is 1. The van der Waals surface area contributed by atoms with Crippen LogP contribution in [0.5, 0.6) is 5.75 Å². The van der Waals surface area contributed by atoms with Gasteiger partial charge in [0.05, 0.1) is 0 Å². The van der Waals surface area contributed by atoms with Crippen molar-refractivity contribution in [1.82, 2.24) is 4.90 Å². The van der Waals surface area contributed by atoms with Gasteiger partial charge in [0.15, 0.2) is 5.78 Å². The molecule has 5 nitrogen and oxygen atoms in total. The molecule has 0 spiro atoms. The van der Waals surface area contributed by atoms with Crippen LogP contribution in [0.1, 0.15) is 22.8 Å². The molecule has 1 aliphatic heterocycles. The Morgan fingerprint density at radius 1 is 1.11 bits per heavy atom. The Bertz CT molecular complexity index is 752. The molecule has 0 aliphatic carbocycles. The van der Waals surface area contributed by atoms with Crippen LogP contribution in [0.4, 0.5) is 5.69 Å². The molecule has 1 aliphatic rings. The van der Waals surface area contributed by atoms with Crippen LogP contribution < -0.4 is 9.64 Å². The number of hydrogen-bond donors (Lipinski definition) is 1. The van der Waals surface area contributed by atoms with E-state index < -0.39 is 6.10 Å². The number of rotatable bonds is 7. The number of aryl methyl sites for hydroxylation is 1. The number of β-amino-alcohol motifs (C(OH)–C–C–N with tert-alkyl or cyclic N) is 1. The summed E-state index contributed by atoms with van der Waals surface area (Å²) in [6.07, 6.45) is -0.507. The summed E-state index contributed by atoms with van der Waals surface area (Å²) in [7, 11) is 0. The van der Waals surface area contributed by atoms with Gasteiger partial charge in [-0.15, -0.1) is 0 Å². The molecule has 1 heterocycles. The summed E-state index contributed by atoms with van der Waals surface area (Å²) in [5.74, 6) is 0.890. The van der Waals surface area contributed by atoms with E-state index in [9.17, 15) is 9.90 Å². The van der Waals surface area contributed by atoms with E-state index in [1.165, 1.54) is 0 Å². The maximum atomic E-state index is 11.4. The Morgan fingerprint density at radius 2 is 1.81 bits per heavy atom. The van der Waals surface area contributed by atoms with Crippen molar-refractivity contribution < 1.29 is 14.6 Å². The summed E-state index contributed by atoms with van der Waals surface area (Å²) in [5, 5.41) is 10.3. The van der Waals surface area contributed by atoms with Crippen LogP contribution in [0.2, 0.25) is 0 Å². The predicted molar refractivity (Wildman–Crippen MR) is 108 cm³/mol. The second-order valence-corrected chi connectivity index (χ2v) is 7.17. The third-order valence-electron chi connectivity index (χ3n) is 4.91. The number of nitrogens with zero attached hydrogens (tertiary/aromatic N) is 2. The van der Waals surface area contributed by atoms with Crippen molar-refractivity contribution in [2.24, 2.45) is 0 Å². The number of benzene rings is 2. The second-order valence-electron chi connectivity index (χ2n) is 7.17. The minimum absolute atomic E-state index is 0.0910. The first-order chi connectivity index (χ1) is 13.0. The first kappa shape index (κ1) is 19.4. The SMILES string of the molecule is CC(=O)c1ccc(N2CCN(C[C@@H](O)COc3cccc(C)c3)CC2)cc1. The molecule has 27 heavy (non-hydrogen) atoms. The Kier molecular flexibility index (Phi) is 6.48. The van der Waals surface area contributed by atoms with Gasteiger partial charge in [-0.25, -0.2) is 0 Å². The highest BCUT2D eigenvalue weighted by atomic mass is 16.5. The van der Waals surface area contributed by atoms with Gasteiger partial charge in [-0.05, 0) is 55.8 Å². The molecule has 0 bridgehead atoms. The first-order valence-electron chi connectivity index (χ1n) is 9.47. The Balaban J connectivity index is 1.42. The lowest BCUT2D eigenvalue weighted by Crippen LogP contribution is -2.49. The van der Waals surface area contributed by atoms with Crippen LogP contribution in [-0.2, 0) is 0 Å². The second kappa shape index (κ2) is 9.02.